The topological polar surface area (TPSA) is 46.2 Å². The molecule has 0 aromatic heterocycles. The molecule has 1 aromatic rings. The number of nitrogens with one attached hydrogen (secondary N) is 1. The Balaban J connectivity index is 2.48. The zero-order valence-electron chi connectivity index (χ0n) is 10.7. The summed E-state index contributed by atoms with van der Waals surface area (Å²) < 4.78 is 23.1. The highest BCUT2D eigenvalue weighted by atomic mass is 35.7. The highest BCUT2D eigenvalue weighted by Gasteiger charge is 2.33. The van der Waals surface area contributed by atoms with Gasteiger partial charge in [-0.25, -0.2) is 8.42 Å². The van der Waals surface area contributed by atoms with Crippen LogP contribution in [0.2, 0.25) is 0 Å². The van der Waals surface area contributed by atoms with E-state index in [1.54, 1.807) is 12.1 Å². The Labute approximate surface area is 113 Å². The molecule has 1 aliphatic heterocycles. The van der Waals surface area contributed by atoms with E-state index in [0.717, 1.165) is 31.4 Å². The van der Waals surface area contributed by atoms with E-state index in [1.165, 1.54) is 0 Å². The first-order valence-corrected chi connectivity index (χ1v) is 8.53. The molecular weight excluding hydrogens is 270 g/mol. The maximum absolute atomic E-state index is 11.5. The van der Waals surface area contributed by atoms with Crippen molar-refractivity contribution in [3.05, 3.63) is 23.8 Å². The molecule has 3 nitrogen and oxygen atoms in total. The first kappa shape index (κ1) is 13.7. The van der Waals surface area contributed by atoms with Crippen LogP contribution >= 0.6 is 10.7 Å². The van der Waals surface area contributed by atoms with Crippen LogP contribution in [-0.4, -0.2) is 15.0 Å². The number of halogens is 1. The lowest BCUT2D eigenvalue weighted by atomic mass is 9.74. The average Bonchev–Trinajstić information content (AvgIpc) is 2.36. The zero-order chi connectivity index (χ0) is 13.4. The van der Waals surface area contributed by atoms with Gasteiger partial charge in [-0.3, -0.25) is 0 Å². The molecule has 18 heavy (non-hydrogen) atoms. The normalized spacial score (nSPS) is 17.9. The summed E-state index contributed by atoms with van der Waals surface area (Å²) in [5.41, 5.74) is 1.96. The monoisotopic (exact) mass is 287 g/mol. The fraction of sp³-hybridized carbons (Fsp3) is 0.538. The number of benzene rings is 1. The Morgan fingerprint density at radius 3 is 2.56 bits per heavy atom. The summed E-state index contributed by atoms with van der Waals surface area (Å²) in [5, 5.41) is 3.27. The van der Waals surface area contributed by atoms with E-state index in [0.29, 0.717) is 5.69 Å². The van der Waals surface area contributed by atoms with Crippen molar-refractivity contribution in [3.63, 3.8) is 0 Å². The molecule has 0 bridgehead atoms. The zero-order valence-corrected chi connectivity index (χ0v) is 12.2. The molecule has 0 spiro atoms. The molecule has 1 aromatic carbocycles. The molecule has 0 fully saturated rings. The minimum atomic E-state index is -3.69. The van der Waals surface area contributed by atoms with Gasteiger partial charge in [0.15, 0.2) is 0 Å². The van der Waals surface area contributed by atoms with Crippen LogP contribution in [0, 0.1) is 5.41 Å². The molecule has 0 atom stereocenters. The van der Waals surface area contributed by atoms with Crippen molar-refractivity contribution < 1.29 is 8.42 Å². The second kappa shape index (κ2) is 4.74. The summed E-state index contributed by atoms with van der Waals surface area (Å²) in [7, 11) is 1.78. The molecule has 1 heterocycles. The molecule has 0 saturated carbocycles. The van der Waals surface area contributed by atoms with Gasteiger partial charge < -0.3 is 5.32 Å². The summed E-state index contributed by atoms with van der Waals surface area (Å²) in [6, 6.07) is 5.30. The number of hydrogen-bond acceptors (Lipinski definition) is 3. The van der Waals surface area contributed by atoms with E-state index in [9.17, 15) is 8.42 Å². The van der Waals surface area contributed by atoms with Crippen molar-refractivity contribution in [1.29, 1.82) is 0 Å². The van der Waals surface area contributed by atoms with Gasteiger partial charge in [0, 0.05) is 17.2 Å². The third kappa shape index (κ3) is 2.36. The maximum Gasteiger partial charge on any atom is 0.263 e. The van der Waals surface area contributed by atoms with Crippen LogP contribution in [0.5, 0.6) is 0 Å². The maximum atomic E-state index is 11.5. The molecular formula is C13H18ClNO2S. The Morgan fingerprint density at radius 2 is 2.00 bits per heavy atom. The predicted molar refractivity (Wildman–Crippen MR) is 74.7 cm³/mol. The number of para-hydroxylation sites is 1. The van der Waals surface area contributed by atoms with Gasteiger partial charge in [-0.05, 0) is 36.3 Å². The molecule has 5 heteroatoms. The molecule has 0 unspecified atom stereocenters. The summed E-state index contributed by atoms with van der Waals surface area (Å²) >= 11 is 0. The van der Waals surface area contributed by atoms with Crippen LogP contribution in [-0.2, 0) is 15.5 Å². The Hall–Kier alpha value is -0.740. The van der Waals surface area contributed by atoms with E-state index < -0.39 is 9.05 Å². The van der Waals surface area contributed by atoms with Gasteiger partial charge in [0.1, 0.15) is 4.90 Å². The summed E-state index contributed by atoms with van der Waals surface area (Å²) in [4.78, 5) is 0.197. The lowest BCUT2D eigenvalue weighted by Crippen LogP contribution is -2.35. The van der Waals surface area contributed by atoms with Gasteiger partial charge in [0.25, 0.3) is 9.05 Å². The molecule has 1 aliphatic rings. The fourth-order valence-corrected chi connectivity index (χ4v) is 3.69. The summed E-state index contributed by atoms with van der Waals surface area (Å²) in [6.45, 7) is 5.16. The standard InChI is InChI=1S/C13H18ClNO2S/c1-3-13(4-2)8-10-6-5-7-11(18(14,16)17)12(10)15-9-13/h5-7,15H,3-4,8-9H2,1-2H3. The van der Waals surface area contributed by atoms with Crippen molar-refractivity contribution >= 4 is 25.4 Å². The highest BCUT2D eigenvalue weighted by molar-refractivity contribution is 8.13. The second-order valence-corrected chi connectivity index (χ2v) is 7.50. The predicted octanol–water partition coefficient (Wildman–Crippen LogP) is 3.39. The van der Waals surface area contributed by atoms with Gasteiger partial charge in [0.2, 0.25) is 0 Å². The minimum absolute atomic E-state index is 0.197. The van der Waals surface area contributed by atoms with Gasteiger partial charge in [0.05, 0.1) is 5.69 Å². The Kier molecular flexibility index (Phi) is 3.60. The molecule has 100 valence electrons. The molecule has 1 N–H and O–H groups in total. The summed E-state index contributed by atoms with van der Waals surface area (Å²) in [6.07, 6.45) is 3.06. The van der Waals surface area contributed by atoms with Crippen LogP contribution < -0.4 is 5.32 Å². The smallest absolute Gasteiger partial charge is 0.263 e. The lowest BCUT2D eigenvalue weighted by Gasteiger charge is -2.38. The van der Waals surface area contributed by atoms with E-state index >= 15 is 0 Å². The van der Waals surface area contributed by atoms with E-state index in [-0.39, 0.29) is 10.3 Å². The van der Waals surface area contributed by atoms with Crippen molar-refractivity contribution in [2.75, 3.05) is 11.9 Å². The van der Waals surface area contributed by atoms with E-state index in [4.69, 9.17) is 10.7 Å². The third-order valence-electron chi connectivity index (χ3n) is 4.08. The quantitative estimate of drug-likeness (QED) is 0.867. The van der Waals surface area contributed by atoms with E-state index in [2.05, 4.69) is 19.2 Å². The van der Waals surface area contributed by atoms with Gasteiger partial charge >= 0.3 is 0 Å². The molecule has 0 saturated heterocycles. The first-order chi connectivity index (χ1) is 8.42. The molecule has 0 radical (unpaired) electrons. The second-order valence-electron chi connectivity index (χ2n) is 4.97. The van der Waals surface area contributed by atoms with Crippen molar-refractivity contribution in [2.45, 2.75) is 38.0 Å². The average molecular weight is 288 g/mol. The lowest BCUT2D eigenvalue weighted by molar-refractivity contribution is 0.273. The summed E-state index contributed by atoms with van der Waals surface area (Å²) in [5.74, 6) is 0. The van der Waals surface area contributed by atoms with Crippen LogP contribution in [0.15, 0.2) is 23.1 Å². The van der Waals surface area contributed by atoms with Gasteiger partial charge in [-0.15, -0.1) is 0 Å². The molecule has 0 aliphatic carbocycles. The van der Waals surface area contributed by atoms with Crippen LogP contribution in [0.1, 0.15) is 32.3 Å². The first-order valence-electron chi connectivity index (χ1n) is 6.22. The molecule has 0 amide bonds. The highest BCUT2D eigenvalue weighted by Crippen LogP contribution is 2.40. The van der Waals surface area contributed by atoms with Gasteiger partial charge in [-0.2, -0.15) is 0 Å². The van der Waals surface area contributed by atoms with Crippen LogP contribution in [0.25, 0.3) is 0 Å². The van der Waals surface area contributed by atoms with E-state index in [1.807, 2.05) is 6.07 Å². The Bertz CT molecular complexity index is 550. The largest absolute Gasteiger partial charge is 0.383 e. The fourth-order valence-electron chi connectivity index (χ4n) is 2.62. The number of fused-ring (bicyclic) bond motifs is 1. The third-order valence-corrected chi connectivity index (χ3v) is 5.45. The SMILES string of the molecule is CCC1(CC)CNc2c(cccc2S(=O)(=O)Cl)C1. The molecule has 2 rings (SSSR count). The van der Waals surface area contributed by atoms with Crippen LogP contribution in [0.4, 0.5) is 5.69 Å². The minimum Gasteiger partial charge on any atom is -0.383 e. The van der Waals surface area contributed by atoms with Crippen molar-refractivity contribution in [3.8, 4) is 0 Å². The number of rotatable bonds is 3. The number of anilines is 1. The van der Waals surface area contributed by atoms with Crippen molar-refractivity contribution in [1.82, 2.24) is 0 Å². The van der Waals surface area contributed by atoms with Crippen molar-refractivity contribution in [2.24, 2.45) is 5.41 Å². The van der Waals surface area contributed by atoms with Gasteiger partial charge in [-0.1, -0.05) is 26.0 Å². The number of hydrogen-bond donors (Lipinski definition) is 1. The van der Waals surface area contributed by atoms with Crippen LogP contribution in [0.3, 0.4) is 0 Å². The Morgan fingerprint density at radius 1 is 1.33 bits per heavy atom.